The topological polar surface area (TPSA) is 75.1 Å². The third kappa shape index (κ3) is 6.68. The van der Waals surface area contributed by atoms with E-state index < -0.39 is 0 Å². The summed E-state index contributed by atoms with van der Waals surface area (Å²) in [6.45, 7) is 9.74. The van der Waals surface area contributed by atoms with E-state index in [0.29, 0.717) is 30.4 Å². The van der Waals surface area contributed by atoms with Gasteiger partial charge in [-0.3, -0.25) is 0 Å². The van der Waals surface area contributed by atoms with Crippen molar-refractivity contribution in [3.8, 4) is 17.2 Å². The van der Waals surface area contributed by atoms with Gasteiger partial charge < -0.3 is 25.2 Å². The first-order valence-electron chi connectivity index (χ1n) is 9.47. The molecular weight excluding hydrogens is 354 g/mol. The number of para-hydroxylation sites is 1. The molecule has 0 radical (unpaired) electrons. The molecule has 0 atom stereocenters. The van der Waals surface area contributed by atoms with Crippen LogP contribution in [0.25, 0.3) is 0 Å². The molecule has 0 aliphatic rings. The van der Waals surface area contributed by atoms with Crippen LogP contribution in [0, 0.1) is 0 Å². The zero-order valence-corrected chi connectivity index (χ0v) is 17.4. The van der Waals surface area contributed by atoms with Gasteiger partial charge in [0, 0.05) is 24.2 Å². The summed E-state index contributed by atoms with van der Waals surface area (Å²) < 4.78 is 11.3. The van der Waals surface area contributed by atoms with Gasteiger partial charge in [0.2, 0.25) is 0 Å². The van der Waals surface area contributed by atoms with Gasteiger partial charge in [-0.05, 0) is 52.0 Å². The number of phenolic OH excluding ortho intramolecular Hbond substituents is 1. The van der Waals surface area contributed by atoms with E-state index in [9.17, 15) is 5.11 Å². The molecule has 0 fully saturated rings. The third-order valence-corrected chi connectivity index (χ3v) is 3.87. The predicted octanol–water partition coefficient (Wildman–Crippen LogP) is 3.83. The van der Waals surface area contributed by atoms with Gasteiger partial charge in [0.25, 0.3) is 0 Å². The molecule has 0 aromatic heterocycles. The van der Waals surface area contributed by atoms with Crippen LogP contribution in [-0.2, 0) is 13.1 Å². The molecule has 2 aromatic rings. The molecule has 28 heavy (non-hydrogen) atoms. The molecule has 0 saturated carbocycles. The summed E-state index contributed by atoms with van der Waals surface area (Å²) in [6.07, 6.45) is 0. The largest absolute Gasteiger partial charge is 0.508 e. The maximum absolute atomic E-state index is 10.0. The second kappa shape index (κ2) is 9.88. The van der Waals surface area contributed by atoms with Gasteiger partial charge in [0.15, 0.2) is 5.96 Å². The highest BCUT2D eigenvalue weighted by Crippen LogP contribution is 2.24. The Hall–Kier alpha value is -2.89. The first-order valence-corrected chi connectivity index (χ1v) is 9.47. The second-order valence-corrected chi connectivity index (χ2v) is 7.37. The highest BCUT2D eigenvalue weighted by molar-refractivity contribution is 5.79. The van der Waals surface area contributed by atoms with Crippen molar-refractivity contribution in [2.45, 2.75) is 46.4 Å². The molecule has 2 rings (SSSR count). The SMILES string of the molecule is CCNC(=NCc1cc(OC)ccc1O)NCc1ccccc1OC(C)(C)C. The minimum absolute atomic E-state index is 0.198. The summed E-state index contributed by atoms with van der Waals surface area (Å²) in [6, 6.07) is 13.1. The Bertz CT molecular complexity index is 798. The molecule has 2 aromatic carbocycles. The summed E-state index contributed by atoms with van der Waals surface area (Å²) in [5, 5.41) is 16.6. The molecule has 0 unspecified atom stereocenters. The summed E-state index contributed by atoms with van der Waals surface area (Å²) in [5.41, 5.74) is 1.48. The lowest BCUT2D eigenvalue weighted by Gasteiger charge is -2.23. The highest BCUT2D eigenvalue weighted by Gasteiger charge is 2.14. The molecule has 6 heteroatoms. The van der Waals surface area contributed by atoms with Crippen molar-refractivity contribution in [3.63, 3.8) is 0 Å². The molecule has 0 heterocycles. The Kier molecular flexibility index (Phi) is 7.55. The van der Waals surface area contributed by atoms with Crippen LogP contribution in [0.4, 0.5) is 0 Å². The fraction of sp³-hybridized carbons (Fsp3) is 0.409. The number of hydrogen-bond donors (Lipinski definition) is 3. The van der Waals surface area contributed by atoms with Crippen molar-refractivity contribution in [1.29, 1.82) is 0 Å². The number of methoxy groups -OCH3 is 1. The lowest BCUT2D eigenvalue weighted by atomic mass is 10.1. The van der Waals surface area contributed by atoms with E-state index in [1.807, 2.05) is 52.0 Å². The Balaban J connectivity index is 2.11. The van der Waals surface area contributed by atoms with Crippen molar-refractivity contribution in [1.82, 2.24) is 10.6 Å². The zero-order valence-electron chi connectivity index (χ0n) is 17.4. The van der Waals surface area contributed by atoms with Gasteiger partial charge in [-0.15, -0.1) is 0 Å². The third-order valence-electron chi connectivity index (χ3n) is 3.87. The number of nitrogens with zero attached hydrogens (tertiary/aromatic N) is 1. The number of aliphatic imine (C=N–C) groups is 1. The van der Waals surface area contributed by atoms with E-state index in [4.69, 9.17) is 9.47 Å². The van der Waals surface area contributed by atoms with E-state index in [0.717, 1.165) is 17.9 Å². The normalized spacial score (nSPS) is 11.8. The van der Waals surface area contributed by atoms with E-state index in [1.54, 1.807) is 25.3 Å². The fourth-order valence-electron chi connectivity index (χ4n) is 2.58. The first-order chi connectivity index (χ1) is 13.3. The van der Waals surface area contributed by atoms with Gasteiger partial charge >= 0.3 is 0 Å². The number of phenols is 1. The van der Waals surface area contributed by atoms with Crippen LogP contribution in [0.15, 0.2) is 47.5 Å². The number of nitrogens with one attached hydrogen (secondary N) is 2. The number of aromatic hydroxyl groups is 1. The van der Waals surface area contributed by atoms with Gasteiger partial charge in [-0.2, -0.15) is 0 Å². The van der Waals surface area contributed by atoms with Crippen molar-refractivity contribution in [2.75, 3.05) is 13.7 Å². The minimum Gasteiger partial charge on any atom is -0.508 e. The monoisotopic (exact) mass is 385 g/mol. The standard InChI is InChI=1S/C22H31N3O3/c1-6-23-21(25-15-17-13-18(27-5)11-12-19(17)26)24-14-16-9-7-8-10-20(16)28-22(2,3)4/h7-13,26H,6,14-15H2,1-5H3,(H2,23,24,25). The van der Waals surface area contributed by atoms with Crippen LogP contribution < -0.4 is 20.1 Å². The average Bonchev–Trinajstić information content (AvgIpc) is 2.65. The predicted molar refractivity (Wildman–Crippen MR) is 113 cm³/mol. The number of hydrogen-bond acceptors (Lipinski definition) is 4. The molecule has 0 spiro atoms. The van der Waals surface area contributed by atoms with Crippen LogP contribution >= 0.6 is 0 Å². The number of guanidine groups is 1. The first kappa shape index (κ1) is 21.4. The van der Waals surface area contributed by atoms with Crippen molar-refractivity contribution >= 4 is 5.96 Å². The molecule has 0 amide bonds. The molecular formula is C22H31N3O3. The number of ether oxygens (including phenoxy) is 2. The Morgan fingerprint density at radius 1 is 1.07 bits per heavy atom. The molecule has 0 aliphatic heterocycles. The van der Waals surface area contributed by atoms with Crippen molar-refractivity contribution in [2.24, 2.45) is 4.99 Å². The maximum Gasteiger partial charge on any atom is 0.191 e. The van der Waals surface area contributed by atoms with Crippen LogP contribution in [-0.4, -0.2) is 30.3 Å². The van der Waals surface area contributed by atoms with Gasteiger partial charge in [0.05, 0.1) is 13.7 Å². The number of rotatable bonds is 7. The van der Waals surface area contributed by atoms with E-state index >= 15 is 0 Å². The maximum atomic E-state index is 10.0. The van der Waals surface area contributed by atoms with Crippen LogP contribution in [0.3, 0.4) is 0 Å². The van der Waals surface area contributed by atoms with Crippen LogP contribution in [0.5, 0.6) is 17.2 Å². The minimum atomic E-state index is -0.265. The summed E-state index contributed by atoms with van der Waals surface area (Å²) in [4.78, 5) is 4.58. The van der Waals surface area contributed by atoms with Crippen molar-refractivity contribution in [3.05, 3.63) is 53.6 Å². The van der Waals surface area contributed by atoms with E-state index in [-0.39, 0.29) is 11.4 Å². The average molecular weight is 386 g/mol. The molecule has 3 N–H and O–H groups in total. The van der Waals surface area contributed by atoms with Gasteiger partial charge in [0.1, 0.15) is 22.8 Å². The van der Waals surface area contributed by atoms with Gasteiger partial charge in [-0.1, -0.05) is 18.2 Å². The number of benzene rings is 2. The molecule has 0 aliphatic carbocycles. The Labute approximate surface area is 167 Å². The summed E-state index contributed by atoms with van der Waals surface area (Å²) in [7, 11) is 1.60. The van der Waals surface area contributed by atoms with E-state index in [2.05, 4.69) is 15.6 Å². The highest BCUT2D eigenvalue weighted by atomic mass is 16.5. The second-order valence-electron chi connectivity index (χ2n) is 7.37. The van der Waals surface area contributed by atoms with Crippen LogP contribution in [0.1, 0.15) is 38.8 Å². The van der Waals surface area contributed by atoms with Crippen molar-refractivity contribution < 1.29 is 14.6 Å². The lowest BCUT2D eigenvalue weighted by Crippen LogP contribution is -2.37. The summed E-state index contributed by atoms with van der Waals surface area (Å²) >= 11 is 0. The lowest BCUT2D eigenvalue weighted by molar-refractivity contribution is 0.129. The zero-order chi connectivity index (χ0) is 20.6. The Morgan fingerprint density at radius 2 is 1.82 bits per heavy atom. The van der Waals surface area contributed by atoms with Crippen LogP contribution in [0.2, 0.25) is 0 Å². The molecule has 152 valence electrons. The quantitative estimate of drug-likeness (QED) is 0.499. The molecule has 6 nitrogen and oxygen atoms in total. The smallest absolute Gasteiger partial charge is 0.191 e. The van der Waals surface area contributed by atoms with Gasteiger partial charge in [-0.25, -0.2) is 4.99 Å². The molecule has 0 saturated heterocycles. The summed E-state index contributed by atoms with van der Waals surface area (Å²) in [5.74, 6) is 2.40. The fourth-order valence-corrected chi connectivity index (χ4v) is 2.58. The Morgan fingerprint density at radius 3 is 2.50 bits per heavy atom. The van der Waals surface area contributed by atoms with E-state index in [1.165, 1.54) is 0 Å². The molecule has 0 bridgehead atoms.